The molecule has 1 amide bonds. The third-order valence-electron chi connectivity index (χ3n) is 6.58. The van der Waals surface area contributed by atoms with E-state index in [9.17, 15) is 4.79 Å². The Morgan fingerprint density at radius 3 is 2.71 bits per heavy atom. The molecule has 31 heavy (non-hydrogen) atoms. The van der Waals surface area contributed by atoms with Gasteiger partial charge in [0.1, 0.15) is 0 Å². The van der Waals surface area contributed by atoms with Crippen LogP contribution in [0.5, 0.6) is 0 Å². The minimum Gasteiger partial charge on any atom is -0.378 e. The zero-order chi connectivity index (χ0) is 21.5. The number of carbonyl (C=O) groups is 1. The molecule has 6 heteroatoms. The molecule has 1 aromatic carbocycles. The molecular formula is C25H34N4O2. The van der Waals surface area contributed by atoms with Gasteiger partial charge in [-0.2, -0.15) is 0 Å². The molecule has 0 radical (unpaired) electrons. The van der Waals surface area contributed by atoms with Gasteiger partial charge in [-0.15, -0.1) is 0 Å². The predicted octanol–water partition coefficient (Wildman–Crippen LogP) is 4.19. The summed E-state index contributed by atoms with van der Waals surface area (Å²) in [7, 11) is 2.26. The number of benzene rings is 1. The molecule has 1 unspecified atom stereocenters. The molecule has 6 nitrogen and oxygen atoms in total. The first kappa shape index (κ1) is 21.8. The Morgan fingerprint density at radius 2 is 1.97 bits per heavy atom. The third kappa shape index (κ3) is 6.05. The first-order chi connectivity index (χ1) is 15.2. The molecule has 166 valence electrons. The van der Waals surface area contributed by atoms with Crippen molar-refractivity contribution in [2.45, 2.75) is 50.7 Å². The number of carbonyl (C=O) groups excluding carboxylic acids is 1. The molecule has 2 aliphatic heterocycles. The molecule has 1 N–H and O–H groups in total. The summed E-state index contributed by atoms with van der Waals surface area (Å²) in [6.45, 7) is 4.13. The van der Waals surface area contributed by atoms with Gasteiger partial charge in [0, 0.05) is 61.6 Å². The van der Waals surface area contributed by atoms with Crippen LogP contribution in [0.25, 0.3) is 0 Å². The summed E-state index contributed by atoms with van der Waals surface area (Å²) in [5.41, 5.74) is 2.61. The molecule has 2 aliphatic rings. The van der Waals surface area contributed by atoms with Crippen molar-refractivity contribution < 1.29 is 9.53 Å². The Bertz CT molecular complexity index is 830. The molecule has 4 rings (SSSR count). The Kier molecular flexibility index (Phi) is 7.54. The van der Waals surface area contributed by atoms with Gasteiger partial charge in [0.05, 0.1) is 6.10 Å². The van der Waals surface area contributed by atoms with Crippen molar-refractivity contribution in [1.82, 2.24) is 9.88 Å². The molecule has 0 saturated carbocycles. The highest BCUT2D eigenvalue weighted by atomic mass is 16.5. The summed E-state index contributed by atoms with van der Waals surface area (Å²) in [5, 5.41) is 3.00. The second kappa shape index (κ2) is 10.7. The van der Waals surface area contributed by atoms with Gasteiger partial charge in [-0.1, -0.05) is 6.07 Å². The number of nitrogens with zero attached hydrogens (tertiary/aromatic N) is 3. The van der Waals surface area contributed by atoms with Crippen molar-refractivity contribution >= 4 is 17.3 Å². The lowest BCUT2D eigenvalue weighted by molar-refractivity contribution is 0.00415. The van der Waals surface area contributed by atoms with Crippen LogP contribution < -0.4 is 10.2 Å². The Hall–Kier alpha value is -2.44. The second-order valence-corrected chi connectivity index (χ2v) is 8.72. The van der Waals surface area contributed by atoms with E-state index in [0.717, 1.165) is 51.2 Å². The summed E-state index contributed by atoms with van der Waals surface area (Å²) in [5.74, 6) is -0.109. The van der Waals surface area contributed by atoms with Gasteiger partial charge in [-0.3, -0.25) is 9.78 Å². The molecule has 2 aromatic rings. The molecular weight excluding hydrogens is 388 g/mol. The minimum absolute atomic E-state index is 0.109. The second-order valence-electron chi connectivity index (χ2n) is 8.72. The van der Waals surface area contributed by atoms with Crippen LogP contribution >= 0.6 is 0 Å². The van der Waals surface area contributed by atoms with Crippen molar-refractivity contribution in [1.29, 1.82) is 0 Å². The third-order valence-corrected chi connectivity index (χ3v) is 6.58. The van der Waals surface area contributed by atoms with Crippen molar-refractivity contribution in [3.05, 3.63) is 54.4 Å². The number of anilines is 2. The summed E-state index contributed by atoms with van der Waals surface area (Å²) < 4.78 is 5.89. The van der Waals surface area contributed by atoms with Gasteiger partial charge < -0.3 is 19.9 Å². The monoisotopic (exact) mass is 422 g/mol. The number of nitrogens with one attached hydrogen (secondary N) is 1. The van der Waals surface area contributed by atoms with Crippen LogP contribution in [0.1, 0.15) is 48.9 Å². The summed E-state index contributed by atoms with van der Waals surface area (Å²) in [4.78, 5) is 21.4. The van der Waals surface area contributed by atoms with E-state index in [2.05, 4.69) is 39.3 Å². The Balaban J connectivity index is 1.26. The molecule has 0 bridgehead atoms. The average molecular weight is 423 g/mol. The van der Waals surface area contributed by atoms with Crippen LogP contribution in [0.4, 0.5) is 11.4 Å². The number of hydrogen-bond donors (Lipinski definition) is 1. The van der Waals surface area contributed by atoms with E-state index < -0.39 is 0 Å². The van der Waals surface area contributed by atoms with Gasteiger partial charge in [0.15, 0.2) is 0 Å². The number of ether oxygens (including phenoxy) is 1. The van der Waals surface area contributed by atoms with E-state index in [1.165, 1.54) is 24.9 Å². The maximum atomic E-state index is 12.4. The summed E-state index contributed by atoms with van der Waals surface area (Å²) in [6.07, 6.45) is 11.0. The first-order valence-electron chi connectivity index (χ1n) is 11.6. The smallest absolute Gasteiger partial charge is 0.255 e. The van der Waals surface area contributed by atoms with Crippen LogP contribution in [-0.2, 0) is 4.74 Å². The standard InChI is InChI=1S/C25H34N4O2/c1-28(15-12-24-7-2-3-18-31-24)22-10-16-29(17-11-22)23-6-4-5-21(19-23)27-25(30)20-8-13-26-14-9-20/h4-6,8-9,13-14,19,22,24H,2-3,7,10-12,15-18H2,1H3,(H,27,30). The molecule has 1 atom stereocenters. The van der Waals surface area contributed by atoms with Gasteiger partial charge in [0.2, 0.25) is 0 Å². The number of rotatable bonds is 7. The Labute approximate surface area is 185 Å². The zero-order valence-corrected chi connectivity index (χ0v) is 18.5. The lowest BCUT2D eigenvalue weighted by Crippen LogP contribution is -2.44. The van der Waals surface area contributed by atoms with E-state index in [-0.39, 0.29) is 5.91 Å². The van der Waals surface area contributed by atoms with Crippen molar-refractivity contribution in [3.8, 4) is 0 Å². The van der Waals surface area contributed by atoms with Crippen LogP contribution in [0, 0.1) is 0 Å². The van der Waals surface area contributed by atoms with Crippen molar-refractivity contribution in [2.24, 2.45) is 0 Å². The van der Waals surface area contributed by atoms with E-state index in [0.29, 0.717) is 17.7 Å². The SMILES string of the molecule is CN(CCC1CCCCO1)C1CCN(c2cccc(NC(=O)c3ccncc3)c2)CC1. The number of aromatic nitrogens is 1. The van der Waals surface area contributed by atoms with Gasteiger partial charge >= 0.3 is 0 Å². The summed E-state index contributed by atoms with van der Waals surface area (Å²) in [6, 6.07) is 12.2. The van der Waals surface area contributed by atoms with Gasteiger partial charge in [0.25, 0.3) is 5.91 Å². The minimum atomic E-state index is -0.109. The quantitative estimate of drug-likeness (QED) is 0.725. The Morgan fingerprint density at radius 1 is 1.16 bits per heavy atom. The highest BCUT2D eigenvalue weighted by Crippen LogP contribution is 2.25. The van der Waals surface area contributed by atoms with Crippen LogP contribution in [-0.4, -0.2) is 61.2 Å². The summed E-state index contributed by atoms with van der Waals surface area (Å²) >= 11 is 0. The maximum absolute atomic E-state index is 12.4. The van der Waals surface area contributed by atoms with Crippen molar-refractivity contribution in [2.75, 3.05) is 43.5 Å². The van der Waals surface area contributed by atoms with E-state index in [4.69, 9.17) is 4.74 Å². The number of pyridine rings is 1. The van der Waals surface area contributed by atoms with Gasteiger partial charge in [-0.25, -0.2) is 0 Å². The van der Waals surface area contributed by atoms with E-state index >= 15 is 0 Å². The van der Waals surface area contributed by atoms with Crippen LogP contribution in [0.15, 0.2) is 48.8 Å². The fourth-order valence-corrected chi connectivity index (χ4v) is 4.62. The topological polar surface area (TPSA) is 57.7 Å². The number of amides is 1. The lowest BCUT2D eigenvalue weighted by atomic mass is 10.0. The maximum Gasteiger partial charge on any atom is 0.255 e. The van der Waals surface area contributed by atoms with E-state index in [1.54, 1.807) is 24.5 Å². The van der Waals surface area contributed by atoms with Crippen molar-refractivity contribution in [3.63, 3.8) is 0 Å². The highest BCUT2D eigenvalue weighted by molar-refractivity contribution is 6.04. The zero-order valence-electron chi connectivity index (χ0n) is 18.5. The predicted molar refractivity (Wildman–Crippen MR) is 125 cm³/mol. The lowest BCUT2D eigenvalue weighted by Gasteiger charge is -2.38. The first-order valence-corrected chi connectivity index (χ1v) is 11.6. The fraction of sp³-hybridized carbons (Fsp3) is 0.520. The number of hydrogen-bond acceptors (Lipinski definition) is 5. The highest BCUT2D eigenvalue weighted by Gasteiger charge is 2.24. The normalized spacial score (nSPS) is 20.1. The molecule has 3 heterocycles. The van der Waals surface area contributed by atoms with E-state index in [1.807, 2.05) is 12.1 Å². The average Bonchev–Trinajstić information content (AvgIpc) is 2.84. The molecule has 2 saturated heterocycles. The molecule has 0 spiro atoms. The molecule has 2 fully saturated rings. The molecule has 1 aromatic heterocycles. The fourth-order valence-electron chi connectivity index (χ4n) is 4.62. The van der Waals surface area contributed by atoms with Gasteiger partial charge in [-0.05, 0) is 75.9 Å². The van der Waals surface area contributed by atoms with Crippen LogP contribution in [0.2, 0.25) is 0 Å². The van der Waals surface area contributed by atoms with Crippen LogP contribution in [0.3, 0.4) is 0 Å². The molecule has 0 aliphatic carbocycles. The largest absolute Gasteiger partial charge is 0.378 e. The number of piperidine rings is 1.